The molecule has 0 aliphatic carbocycles. The lowest BCUT2D eigenvalue weighted by molar-refractivity contribution is 0.295. The van der Waals surface area contributed by atoms with Gasteiger partial charge in [-0.1, -0.05) is 15.9 Å². The number of hydrogen-bond donors (Lipinski definition) is 0. The first-order valence-electron chi connectivity index (χ1n) is 4.58. The summed E-state index contributed by atoms with van der Waals surface area (Å²) < 4.78 is 10.6. The Bertz CT molecular complexity index is 360. The van der Waals surface area contributed by atoms with Gasteiger partial charge in [-0.15, -0.1) is 0 Å². The van der Waals surface area contributed by atoms with E-state index in [1.807, 2.05) is 0 Å². The maximum atomic E-state index is 8.74. The highest BCUT2D eigenvalue weighted by Gasteiger charge is 2.05. The van der Waals surface area contributed by atoms with E-state index in [1.54, 1.807) is 25.3 Å². The predicted octanol–water partition coefficient (Wildman–Crippen LogP) is 2.73. The Morgan fingerprint density at radius 2 is 2.20 bits per heavy atom. The summed E-state index contributed by atoms with van der Waals surface area (Å²) in [5.74, 6) is 1.28. The monoisotopic (exact) mass is 269 g/mol. The second kappa shape index (κ2) is 6.31. The van der Waals surface area contributed by atoms with E-state index in [0.29, 0.717) is 23.7 Å². The third-order valence-electron chi connectivity index (χ3n) is 1.83. The standard InChI is InChI=1S/C11H12BrNO2/c1-14-10-4-3-9(8-13)7-11(10)15-6-2-5-12/h3-4,7H,2,5-6H2,1H3. The molecule has 0 bridgehead atoms. The second-order valence-electron chi connectivity index (χ2n) is 2.87. The van der Waals surface area contributed by atoms with Crippen LogP contribution in [0.15, 0.2) is 18.2 Å². The zero-order valence-electron chi connectivity index (χ0n) is 8.50. The Labute approximate surface area is 97.7 Å². The molecule has 15 heavy (non-hydrogen) atoms. The van der Waals surface area contributed by atoms with Gasteiger partial charge in [-0.3, -0.25) is 0 Å². The molecule has 4 heteroatoms. The molecule has 0 saturated heterocycles. The fourth-order valence-corrected chi connectivity index (χ4v) is 1.32. The number of benzene rings is 1. The summed E-state index contributed by atoms with van der Waals surface area (Å²) >= 11 is 3.32. The molecule has 1 aromatic rings. The van der Waals surface area contributed by atoms with Crippen molar-refractivity contribution in [3.05, 3.63) is 23.8 Å². The van der Waals surface area contributed by atoms with Crippen LogP contribution in [-0.2, 0) is 0 Å². The van der Waals surface area contributed by atoms with E-state index >= 15 is 0 Å². The molecule has 1 rings (SSSR count). The maximum Gasteiger partial charge on any atom is 0.162 e. The van der Waals surface area contributed by atoms with Crippen LogP contribution in [0, 0.1) is 11.3 Å². The lowest BCUT2D eigenvalue weighted by Crippen LogP contribution is -2.00. The zero-order chi connectivity index (χ0) is 11.1. The van der Waals surface area contributed by atoms with Gasteiger partial charge in [0.2, 0.25) is 0 Å². The van der Waals surface area contributed by atoms with Gasteiger partial charge in [0.15, 0.2) is 11.5 Å². The lowest BCUT2D eigenvalue weighted by atomic mass is 10.2. The first-order valence-corrected chi connectivity index (χ1v) is 5.71. The molecular weight excluding hydrogens is 258 g/mol. The quantitative estimate of drug-likeness (QED) is 0.610. The topological polar surface area (TPSA) is 42.2 Å². The van der Waals surface area contributed by atoms with Crippen LogP contribution in [0.25, 0.3) is 0 Å². The molecule has 0 unspecified atom stereocenters. The molecule has 0 aromatic heterocycles. The van der Waals surface area contributed by atoms with Gasteiger partial charge < -0.3 is 9.47 Å². The summed E-state index contributed by atoms with van der Waals surface area (Å²) in [7, 11) is 1.58. The number of ether oxygens (including phenoxy) is 2. The van der Waals surface area contributed by atoms with Crippen LogP contribution in [0.3, 0.4) is 0 Å². The molecule has 0 spiro atoms. The predicted molar refractivity (Wildman–Crippen MR) is 61.6 cm³/mol. The van der Waals surface area contributed by atoms with Crippen molar-refractivity contribution >= 4 is 15.9 Å². The molecule has 80 valence electrons. The van der Waals surface area contributed by atoms with E-state index in [2.05, 4.69) is 22.0 Å². The van der Waals surface area contributed by atoms with Gasteiger partial charge in [-0.25, -0.2) is 0 Å². The minimum Gasteiger partial charge on any atom is -0.493 e. The van der Waals surface area contributed by atoms with Crippen molar-refractivity contribution in [3.8, 4) is 17.6 Å². The molecule has 3 nitrogen and oxygen atoms in total. The fraction of sp³-hybridized carbons (Fsp3) is 0.364. The number of methoxy groups -OCH3 is 1. The van der Waals surface area contributed by atoms with Crippen LogP contribution in [0.5, 0.6) is 11.5 Å². The molecule has 0 aliphatic heterocycles. The number of alkyl halides is 1. The van der Waals surface area contributed by atoms with E-state index in [9.17, 15) is 0 Å². The first kappa shape index (κ1) is 11.9. The highest BCUT2D eigenvalue weighted by molar-refractivity contribution is 9.09. The summed E-state index contributed by atoms with van der Waals surface area (Å²) in [5, 5.41) is 9.64. The van der Waals surface area contributed by atoms with Gasteiger partial charge in [0.05, 0.1) is 25.3 Å². The van der Waals surface area contributed by atoms with Crippen molar-refractivity contribution in [2.45, 2.75) is 6.42 Å². The van der Waals surface area contributed by atoms with Gasteiger partial charge in [0.1, 0.15) is 0 Å². The third kappa shape index (κ3) is 3.45. The van der Waals surface area contributed by atoms with Crippen molar-refractivity contribution in [2.24, 2.45) is 0 Å². The van der Waals surface area contributed by atoms with Gasteiger partial charge in [-0.2, -0.15) is 5.26 Å². The molecular formula is C11H12BrNO2. The van der Waals surface area contributed by atoms with Crippen molar-refractivity contribution < 1.29 is 9.47 Å². The van der Waals surface area contributed by atoms with E-state index < -0.39 is 0 Å². The fourth-order valence-electron chi connectivity index (χ4n) is 1.10. The normalized spacial score (nSPS) is 9.40. The van der Waals surface area contributed by atoms with E-state index in [-0.39, 0.29) is 0 Å². The Kier molecular flexibility index (Phi) is 4.99. The number of hydrogen-bond acceptors (Lipinski definition) is 3. The van der Waals surface area contributed by atoms with Gasteiger partial charge in [0.25, 0.3) is 0 Å². The number of nitrogens with zero attached hydrogens (tertiary/aromatic N) is 1. The summed E-state index contributed by atoms with van der Waals surface area (Å²) in [4.78, 5) is 0. The number of nitriles is 1. The molecule has 0 atom stereocenters. The Morgan fingerprint density at radius 3 is 2.80 bits per heavy atom. The summed E-state index contributed by atoms with van der Waals surface area (Å²) in [6.45, 7) is 0.608. The molecule has 0 aliphatic rings. The highest BCUT2D eigenvalue weighted by Crippen LogP contribution is 2.27. The van der Waals surface area contributed by atoms with Crippen LogP contribution >= 0.6 is 15.9 Å². The van der Waals surface area contributed by atoms with E-state index in [4.69, 9.17) is 14.7 Å². The Balaban J connectivity index is 2.78. The average molecular weight is 270 g/mol. The van der Waals surface area contributed by atoms with E-state index in [1.165, 1.54) is 0 Å². The average Bonchev–Trinajstić information content (AvgIpc) is 2.29. The molecule has 0 saturated carbocycles. The van der Waals surface area contributed by atoms with Crippen LogP contribution in [0.1, 0.15) is 12.0 Å². The van der Waals surface area contributed by atoms with Crippen LogP contribution in [0.2, 0.25) is 0 Å². The minimum absolute atomic E-state index is 0.574. The lowest BCUT2D eigenvalue weighted by Gasteiger charge is -2.09. The summed E-state index contributed by atoms with van der Waals surface area (Å²) in [6, 6.07) is 7.19. The third-order valence-corrected chi connectivity index (χ3v) is 2.39. The van der Waals surface area contributed by atoms with Crippen LogP contribution < -0.4 is 9.47 Å². The van der Waals surface area contributed by atoms with Gasteiger partial charge in [0, 0.05) is 11.4 Å². The van der Waals surface area contributed by atoms with Crippen molar-refractivity contribution in [3.63, 3.8) is 0 Å². The highest BCUT2D eigenvalue weighted by atomic mass is 79.9. The van der Waals surface area contributed by atoms with Crippen LogP contribution in [0.4, 0.5) is 0 Å². The minimum atomic E-state index is 0.574. The second-order valence-corrected chi connectivity index (χ2v) is 3.66. The van der Waals surface area contributed by atoms with Crippen molar-refractivity contribution in [2.75, 3.05) is 19.0 Å². The van der Waals surface area contributed by atoms with E-state index in [0.717, 1.165) is 11.8 Å². The van der Waals surface area contributed by atoms with Crippen LogP contribution in [-0.4, -0.2) is 19.0 Å². The summed E-state index contributed by atoms with van der Waals surface area (Å²) in [5.41, 5.74) is 0.574. The zero-order valence-corrected chi connectivity index (χ0v) is 10.1. The molecule has 0 heterocycles. The molecule has 0 radical (unpaired) electrons. The Hall–Kier alpha value is -1.21. The molecule has 1 aromatic carbocycles. The van der Waals surface area contributed by atoms with Gasteiger partial charge >= 0.3 is 0 Å². The molecule has 0 amide bonds. The number of halogens is 1. The molecule has 0 fully saturated rings. The largest absolute Gasteiger partial charge is 0.493 e. The van der Waals surface area contributed by atoms with Gasteiger partial charge in [-0.05, 0) is 18.6 Å². The number of rotatable bonds is 5. The summed E-state index contributed by atoms with van der Waals surface area (Å²) in [6.07, 6.45) is 0.917. The SMILES string of the molecule is COc1ccc(C#N)cc1OCCCBr. The smallest absolute Gasteiger partial charge is 0.162 e. The first-order chi connectivity index (χ1) is 7.31. The maximum absolute atomic E-state index is 8.74. The Morgan fingerprint density at radius 1 is 1.40 bits per heavy atom. The molecule has 0 N–H and O–H groups in total. The van der Waals surface area contributed by atoms with Crippen molar-refractivity contribution in [1.82, 2.24) is 0 Å². The van der Waals surface area contributed by atoms with Crippen molar-refractivity contribution in [1.29, 1.82) is 5.26 Å².